The fourth-order valence-electron chi connectivity index (χ4n) is 2.63. The lowest BCUT2D eigenvalue weighted by Crippen LogP contribution is -2.37. The topological polar surface area (TPSA) is 80.7 Å². The van der Waals surface area contributed by atoms with Gasteiger partial charge in [0, 0.05) is 38.6 Å². The molecular weight excluding hydrogens is 529 g/mol. The molecule has 2 N–H and O–H groups in total. The summed E-state index contributed by atoms with van der Waals surface area (Å²) in [6.45, 7) is 1.33. The Balaban J connectivity index is 0.00000341. The molecule has 164 valence electrons. The number of halogens is 2. The molecule has 3 aromatic rings. The monoisotopic (exact) mass is 553 g/mol. The lowest BCUT2D eigenvalue weighted by atomic mass is 10.2. The van der Waals surface area contributed by atoms with Crippen LogP contribution in [0.3, 0.4) is 0 Å². The molecule has 0 unspecified atom stereocenters. The van der Waals surface area contributed by atoms with Gasteiger partial charge in [0.1, 0.15) is 16.7 Å². The zero-order valence-electron chi connectivity index (χ0n) is 17.3. The lowest BCUT2D eigenvalue weighted by molar-refractivity contribution is 0.412. The second kappa shape index (κ2) is 13.0. The molecule has 0 saturated heterocycles. The van der Waals surface area contributed by atoms with Gasteiger partial charge in [0.2, 0.25) is 5.88 Å². The Morgan fingerprint density at radius 3 is 2.26 bits per heavy atom. The number of aromatic nitrogens is 2. The number of ether oxygens (including phenoxy) is 2. The molecule has 0 aliphatic carbocycles. The molecule has 2 aromatic heterocycles. The molecule has 0 atom stereocenters. The van der Waals surface area contributed by atoms with Crippen LogP contribution in [-0.4, -0.2) is 36.6 Å². The summed E-state index contributed by atoms with van der Waals surface area (Å²) in [7, 11) is 3.37. The summed E-state index contributed by atoms with van der Waals surface area (Å²) >= 11 is 5.81. The Morgan fingerprint density at radius 1 is 0.935 bits per heavy atom. The third-order valence-corrected chi connectivity index (χ3v) is 4.48. The van der Waals surface area contributed by atoms with Crippen molar-refractivity contribution < 1.29 is 9.47 Å². The van der Waals surface area contributed by atoms with Crippen LogP contribution in [0.1, 0.15) is 11.1 Å². The van der Waals surface area contributed by atoms with Gasteiger partial charge in [0.25, 0.3) is 0 Å². The van der Waals surface area contributed by atoms with Crippen LogP contribution in [0, 0.1) is 0 Å². The van der Waals surface area contributed by atoms with E-state index < -0.39 is 0 Å². The van der Waals surface area contributed by atoms with E-state index >= 15 is 0 Å². The quantitative estimate of drug-likeness (QED) is 0.186. The number of nitrogens with zero attached hydrogens (tertiary/aromatic N) is 3. The number of aliphatic imine (C=N–C) groups is 1. The first kappa shape index (κ1) is 24.7. The molecule has 3 rings (SSSR count). The molecule has 0 radical (unpaired) electrons. The number of hydrogen-bond acceptors (Lipinski definition) is 5. The van der Waals surface area contributed by atoms with Crippen LogP contribution >= 0.6 is 35.6 Å². The van der Waals surface area contributed by atoms with Crippen molar-refractivity contribution in [2.45, 2.75) is 13.0 Å². The largest absolute Gasteiger partial charge is 0.497 e. The molecule has 0 aliphatic rings. The fourth-order valence-corrected chi connectivity index (χ4v) is 2.74. The van der Waals surface area contributed by atoms with Crippen LogP contribution < -0.4 is 20.1 Å². The molecule has 1 aromatic carbocycles. The van der Waals surface area contributed by atoms with Gasteiger partial charge in [-0.3, -0.25) is 4.99 Å². The van der Waals surface area contributed by atoms with Crippen LogP contribution in [0.25, 0.3) is 0 Å². The van der Waals surface area contributed by atoms with Gasteiger partial charge in [-0.15, -0.1) is 24.0 Å². The lowest BCUT2D eigenvalue weighted by Gasteiger charge is -2.12. The standard InChI is InChI=1S/C22H24ClN5O2.HI/c1-24-22(25-12-11-16-3-9-20(23)26-13-16)28-15-17-4-10-21(27-14-17)30-19-7-5-18(29-2)6-8-19;/h3-10,13-14H,11-12,15H2,1-2H3,(H2,24,25,28);1H. The van der Waals surface area contributed by atoms with Crippen LogP contribution in [0.15, 0.2) is 65.9 Å². The van der Waals surface area contributed by atoms with Gasteiger partial charge in [-0.1, -0.05) is 23.7 Å². The van der Waals surface area contributed by atoms with Crippen molar-refractivity contribution in [2.75, 3.05) is 20.7 Å². The van der Waals surface area contributed by atoms with Crippen molar-refractivity contribution >= 4 is 41.5 Å². The Morgan fingerprint density at radius 2 is 1.65 bits per heavy atom. The zero-order chi connectivity index (χ0) is 21.2. The predicted octanol–water partition coefficient (Wildman–Crippen LogP) is 4.46. The maximum Gasteiger partial charge on any atom is 0.219 e. The summed E-state index contributed by atoms with van der Waals surface area (Å²) in [5, 5.41) is 7.05. The number of nitrogens with one attached hydrogen (secondary N) is 2. The van der Waals surface area contributed by atoms with E-state index in [-0.39, 0.29) is 24.0 Å². The average Bonchev–Trinajstić information content (AvgIpc) is 2.79. The van der Waals surface area contributed by atoms with Crippen molar-refractivity contribution in [1.82, 2.24) is 20.6 Å². The SMILES string of the molecule is CN=C(NCCc1ccc(Cl)nc1)NCc1ccc(Oc2ccc(OC)cc2)nc1.I. The molecule has 31 heavy (non-hydrogen) atoms. The normalized spacial score (nSPS) is 10.7. The van der Waals surface area contributed by atoms with E-state index in [1.165, 1.54) is 0 Å². The van der Waals surface area contributed by atoms with Gasteiger partial charge in [-0.05, 0) is 47.9 Å². The van der Waals surface area contributed by atoms with E-state index in [1.807, 2.05) is 42.5 Å². The Labute approximate surface area is 204 Å². The highest BCUT2D eigenvalue weighted by Crippen LogP contribution is 2.22. The van der Waals surface area contributed by atoms with Crippen LogP contribution in [0.5, 0.6) is 17.4 Å². The van der Waals surface area contributed by atoms with Gasteiger partial charge >= 0.3 is 0 Å². The summed E-state index contributed by atoms with van der Waals surface area (Å²) in [6, 6.07) is 14.9. The third kappa shape index (κ3) is 8.22. The van der Waals surface area contributed by atoms with Crippen molar-refractivity contribution in [2.24, 2.45) is 4.99 Å². The maximum absolute atomic E-state index is 5.81. The second-order valence-electron chi connectivity index (χ2n) is 6.37. The summed E-state index contributed by atoms with van der Waals surface area (Å²) in [4.78, 5) is 12.7. The number of methoxy groups -OCH3 is 1. The molecule has 2 heterocycles. The maximum atomic E-state index is 5.81. The van der Waals surface area contributed by atoms with Gasteiger partial charge in [0.15, 0.2) is 5.96 Å². The first-order valence-corrected chi connectivity index (χ1v) is 9.86. The molecular formula is C22H25ClIN5O2. The van der Waals surface area contributed by atoms with E-state index in [0.29, 0.717) is 23.3 Å². The average molecular weight is 554 g/mol. The highest BCUT2D eigenvalue weighted by atomic mass is 127. The van der Waals surface area contributed by atoms with Gasteiger partial charge in [-0.2, -0.15) is 0 Å². The van der Waals surface area contributed by atoms with E-state index in [2.05, 4.69) is 25.6 Å². The third-order valence-electron chi connectivity index (χ3n) is 4.26. The predicted molar refractivity (Wildman–Crippen MR) is 134 cm³/mol. The van der Waals surface area contributed by atoms with Crippen molar-refractivity contribution in [3.63, 3.8) is 0 Å². The van der Waals surface area contributed by atoms with Crippen molar-refractivity contribution in [3.8, 4) is 17.4 Å². The van der Waals surface area contributed by atoms with Gasteiger partial charge in [-0.25, -0.2) is 9.97 Å². The number of pyridine rings is 2. The van der Waals surface area contributed by atoms with Crippen LogP contribution in [0.4, 0.5) is 0 Å². The van der Waals surface area contributed by atoms with E-state index in [1.54, 1.807) is 32.6 Å². The Hall–Kier alpha value is -2.59. The number of rotatable bonds is 8. The summed E-state index contributed by atoms with van der Waals surface area (Å²) in [5.74, 6) is 2.73. The van der Waals surface area contributed by atoms with Gasteiger partial charge < -0.3 is 20.1 Å². The summed E-state index contributed by atoms with van der Waals surface area (Å²) in [6.07, 6.45) is 4.38. The van der Waals surface area contributed by atoms with E-state index in [4.69, 9.17) is 21.1 Å². The van der Waals surface area contributed by atoms with Crippen molar-refractivity contribution in [3.05, 3.63) is 77.2 Å². The van der Waals surface area contributed by atoms with Crippen LogP contribution in [0.2, 0.25) is 5.15 Å². The molecule has 0 bridgehead atoms. The minimum absolute atomic E-state index is 0. The minimum Gasteiger partial charge on any atom is -0.497 e. The summed E-state index contributed by atoms with van der Waals surface area (Å²) < 4.78 is 10.9. The first-order valence-electron chi connectivity index (χ1n) is 9.48. The Bertz CT molecular complexity index is 951. The molecule has 9 heteroatoms. The molecule has 7 nitrogen and oxygen atoms in total. The van der Waals surface area contributed by atoms with Crippen molar-refractivity contribution in [1.29, 1.82) is 0 Å². The molecule has 0 saturated carbocycles. The molecule has 0 amide bonds. The first-order chi connectivity index (χ1) is 14.7. The minimum atomic E-state index is 0. The number of benzene rings is 1. The number of guanidine groups is 1. The highest BCUT2D eigenvalue weighted by molar-refractivity contribution is 14.0. The smallest absolute Gasteiger partial charge is 0.219 e. The van der Waals surface area contributed by atoms with E-state index in [9.17, 15) is 0 Å². The highest BCUT2D eigenvalue weighted by Gasteiger charge is 2.03. The fraction of sp³-hybridized carbons (Fsp3) is 0.227. The van der Waals surface area contributed by atoms with Gasteiger partial charge in [0.05, 0.1) is 7.11 Å². The second-order valence-corrected chi connectivity index (χ2v) is 6.76. The summed E-state index contributed by atoms with van der Waals surface area (Å²) in [5.41, 5.74) is 2.13. The van der Waals surface area contributed by atoms with Crippen LogP contribution in [-0.2, 0) is 13.0 Å². The molecule has 0 aliphatic heterocycles. The molecule has 0 spiro atoms. The van der Waals surface area contributed by atoms with E-state index in [0.717, 1.165) is 35.8 Å². The Kier molecular flexibility index (Phi) is 10.3. The number of hydrogen-bond donors (Lipinski definition) is 2. The molecule has 0 fully saturated rings. The zero-order valence-corrected chi connectivity index (χ0v) is 20.4.